The molecule has 0 N–H and O–H groups in total. The molecule has 4 heterocycles. The third kappa shape index (κ3) is 3.31. The highest BCUT2D eigenvalue weighted by atomic mass is 32.2. The van der Waals surface area contributed by atoms with Crippen LogP contribution in [0, 0.1) is 5.21 Å². The van der Waals surface area contributed by atoms with Crippen LogP contribution in [0.2, 0.25) is 0 Å². The van der Waals surface area contributed by atoms with Crippen molar-refractivity contribution in [3.05, 3.63) is 73.9 Å². The van der Waals surface area contributed by atoms with Gasteiger partial charge in [-0.1, -0.05) is 6.07 Å². The van der Waals surface area contributed by atoms with Crippen molar-refractivity contribution in [1.29, 1.82) is 0 Å². The first-order chi connectivity index (χ1) is 12.2. The number of pyridine rings is 1. The van der Waals surface area contributed by atoms with Gasteiger partial charge in [-0.2, -0.15) is 4.73 Å². The number of hydrogen-bond acceptors (Lipinski definition) is 5. The Labute approximate surface area is 158 Å². The van der Waals surface area contributed by atoms with Crippen LogP contribution in [0.5, 0.6) is 0 Å². The summed E-state index contributed by atoms with van der Waals surface area (Å²) in [5.74, 6) is 0.345. The van der Waals surface area contributed by atoms with Gasteiger partial charge in [-0.15, -0.1) is 22.7 Å². The SMILES string of the molecule is O=C(CSc1cccc[n+]1[O-])N1CCc2sccc2C1c1cccs1. The van der Waals surface area contributed by atoms with Gasteiger partial charge in [0.2, 0.25) is 5.91 Å². The number of fused-ring (bicyclic) bond motifs is 1. The molecule has 0 aliphatic carbocycles. The zero-order valence-corrected chi connectivity index (χ0v) is 15.8. The van der Waals surface area contributed by atoms with E-state index in [1.165, 1.54) is 33.3 Å². The van der Waals surface area contributed by atoms with Crippen molar-refractivity contribution >= 4 is 40.3 Å². The molecule has 4 rings (SSSR count). The number of aromatic nitrogens is 1. The quantitative estimate of drug-likeness (QED) is 0.389. The third-order valence-electron chi connectivity index (χ3n) is 4.23. The van der Waals surface area contributed by atoms with E-state index in [0.717, 1.165) is 17.7 Å². The lowest BCUT2D eigenvalue weighted by molar-refractivity contribution is -0.645. The highest BCUT2D eigenvalue weighted by Gasteiger charge is 2.33. The van der Waals surface area contributed by atoms with Crippen LogP contribution in [0.4, 0.5) is 0 Å². The maximum absolute atomic E-state index is 12.9. The van der Waals surface area contributed by atoms with Gasteiger partial charge in [0.1, 0.15) is 0 Å². The van der Waals surface area contributed by atoms with Crippen LogP contribution < -0.4 is 4.73 Å². The molecular formula is C18H16N2O2S3. The summed E-state index contributed by atoms with van der Waals surface area (Å²) in [5, 5.41) is 16.5. The van der Waals surface area contributed by atoms with Crippen LogP contribution in [0.15, 0.2) is 58.4 Å². The number of rotatable bonds is 4. The summed E-state index contributed by atoms with van der Waals surface area (Å²) in [6.45, 7) is 0.724. The van der Waals surface area contributed by atoms with Gasteiger partial charge < -0.3 is 10.1 Å². The zero-order chi connectivity index (χ0) is 17.2. The second kappa shape index (κ2) is 7.19. The Morgan fingerprint density at radius 3 is 2.96 bits per heavy atom. The first-order valence-electron chi connectivity index (χ1n) is 7.94. The summed E-state index contributed by atoms with van der Waals surface area (Å²) in [5.41, 5.74) is 1.25. The number of carbonyl (C=O) groups excluding carboxylic acids is 1. The van der Waals surface area contributed by atoms with Gasteiger partial charge in [0, 0.05) is 28.4 Å². The first kappa shape index (κ1) is 16.6. The van der Waals surface area contributed by atoms with Crippen molar-refractivity contribution in [3.63, 3.8) is 0 Å². The first-order valence-corrected chi connectivity index (χ1v) is 10.7. The minimum atomic E-state index is -0.00162. The number of nitrogens with zero attached hydrogens (tertiary/aromatic N) is 2. The number of carbonyl (C=O) groups is 1. The van der Waals surface area contributed by atoms with E-state index in [2.05, 4.69) is 22.9 Å². The standard InChI is InChI=1S/C18H16N2O2S3/c21-16(12-25-17-5-1-2-8-20(17)22)19-9-6-14-13(7-11-24-14)18(19)15-4-3-10-23-15/h1-5,7-8,10-11,18H,6,9,12H2. The summed E-state index contributed by atoms with van der Waals surface area (Å²) < 4.78 is 0.807. The van der Waals surface area contributed by atoms with Crippen molar-refractivity contribution in [2.45, 2.75) is 17.5 Å². The molecule has 0 radical (unpaired) electrons. The molecule has 1 aliphatic rings. The Kier molecular flexibility index (Phi) is 4.78. The smallest absolute Gasteiger partial charge is 0.251 e. The summed E-state index contributed by atoms with van der Waals surface area (Å²) in [6, 6.07) is 11.5. The van der Waals surface area contributed by atoms with E-state index >= 15 is 0 Å². The molecule has 7 heteroatoms. The van der Waals surface area contributed by atoms with Crippen LogP contribution in [-0.2, 0) is 11.2 Å². The molecular weight excluding hydrogens is 372 g/mol. The molecule has 128 valence electrons. The highest BCUT2D eigenvalue weighted by molar-refractivity contribution is 7.99. The molecule has 0 aromatic carbocycles. The predicted octanol–water partition coefficient (Wildman–Crippen LogP) is 3.71. The average molecular weight is 389 g/mol. The van der Waals surface area contributed by atoms with E-state index in [4.69, 9.17) is 0 Å². The van der Waals surface area contributed by atoms with Gasteiger partial charge in [-0.05, 0) is 52.7 Å². The molecule has 1 atom stereocenters. The molecule has 4 nitrogen and oxygen atoms in total. The van der Waals surface area contributed by atoms with Crippen molar-refractivity contribution in [3.8, 4) is 0 Å². The maximum Gasteiger partial charge on any atom is 0.251 e. The topological polar surface area (TPSA) is 47.2 Å². The summed E-state index contributed by atoms with van der Waals surface area (Å²) in [7, 11) is 0. The molecule has 3 aromatic rings. The summed E-state index contributed by atoms with van der Waals surface area (Å²) in [4.78, 5) is 17.4. The predicted molar refractivity (Wildman–Crippen MR) is 102 cm³/mol. The van der Waals surface area contributed by atoms with Crippen LogP contribution in [0.1, 0.15) is 21.4 Å². The maximum atomic E-state index is 12.9. The van der Waals surface area contributed by atoms with Crippen LogP contribution in [-0.4, -0.2) is 23.1 Å². The molecule has 0 spiro atoms. The summed E-state index contributed by atoms with van der Waals surface area (Å²) in [6.07, 6.45) is 2.36. The Morgan fingerprint density at radius 2 is 2.16 bits per heavy atom. The van der Waals surface area contributed by atoms with E-state index in [0.29, 0.717) is 5.03 Å². The van der Waals surface area contributed by atoms with E-state index in [9.17, 15) is 10.0 Å². The highest BCUT2D eigenvalue weighted by Crippen LogP contribution is 2.39. The fraction of sp³-hybridized carbons (Fsp3) is 0.222. The molecule has 3 aromatic heterocycles. The minimum absolute atomic E-state index is 0.00162. The van der Waals surface area contributed by atoms with Gasteiger partial charge >= 0.3 is 0 Å². The zero-order valence-electron chi connectivity index (χ0n) is 13.3. The molecule has 1 aliphatic heterocycles. The Bertz CT molecular complexity index is 876. The number of amides is 1. The molecule has 1 amide bonds. The fourth-order valence-corrected chi connectivity index (χ4v) is 5.64. The molecule has 0 saturated heterocycles. The van der Waals surface area contributed by atoms with E-state index in [1.54, 1.807) is 34.8 Å². The third-order valence-corrected chi connectivity index (χ3v) is 7.16. The Morgan fingerprint density at radius 1 is 1.24 bits per heavy atom. The van der Waals surface area contributed by atoms with Crippen LogP contribution >= 0.6 is 34.4 Å². The molecule has 0 bridgehead atoms. The summed E-state index contributed by atoms with van der Waals surface area (Å²) >= 11 is 4.75. The van der Waals surface area contributed by atoms with E-state index < -0.39 is 0 Å². The number of thioether (sulfide) groups is 1. The number of hydrogen-bond donors (Lipinski definition) is 0. The normalized spacial score (nSPS) is 16.6. The van der Waals surface area contributed by atoms with Crippen molar-refractivity contribution in [2.24, 2.45) is 0 Å². The second-order valence-corrected chi connectivity index (χ2v) is 8.68. The van der Waals surface area contributed by atoms with Crippen LogP contribution in [0.25, 0.3) is 0 Å². The van der Waals surface area contributed by atoms with Gasteiger partial charge in [0.15, 0.2) is 6.20 Å². The molecule has 0 saturated carbocycles. The molecule has 25 heavy (non-hydrogen) atoms. The van der Waals surface area contributed by atoms with Crippen molar-refractivity contribution in [2.75, 3.05) is 12.3 Å². The second-order valence-electron chi connectivity index (χ2n) is 5.71. The number of thiophene rings is 2. The molecule has 0 fully saturated rings. The van der Waals surface area contributed by atoms with Gasteiger partial charge in [-0.3, -0.25) is 4.79 Å². The van der Waals surface area contributed by atoms with E-state index in [1.807, 2.05) is 17.0 Å². The Balaban J connectivity index is 1.56. The monoisotopic (exact) mass is 388 g/mol. The van der Waals surface area contributed by atoms with Crippen molar-refractivity contribution < 1.29 is 9.52 Å². The fourth-order valence-electron chi connectivity index (χ4n) is 3.08. The van der Waals surface area contributed by atoms with Gasteiger partial charge in [0.05, 0.1) is 11.8 Å². The lowest BCUT2D eigenvalue weighted by Crippen LogP contribution is -2.41. The largest absolute Gasteiger partial charge is 0.618 e. The molecule has 1 unspecified atom stereocenters. The lowest BCUT2D eigenvalue weighted by atomic mass is 9.98. The lowest BCUT2D eigenvalue weighted by Gasteiger charge is -2.35. The average Bonchev–Trinajstić information content (AvgIpc) is 3.31. The van der Waals surface area contributed by atoms with E-state index in [-0.39, 0.29) is 17.7 Å². The van der Waals surface area contributed by atoms with Crippen LogP contribution in [0.3, 0.4) is 0 Å². The Hall–Kier alpha value is -1.83. The van der Waals surface area contributed by atoms with Crippen molar-refractivity contribution in [1.82, 2.24) is 4.90 Å². The minimum Gasteiger partial charge on any atom is -0.618 e. The van der Waals surface area contributed by atoms with Gasteiger partial charge in [-0.25, -0.2) is 0 Å². The van der Waals surface area contributed by atoms with Gasteiger partial charge in [0.25, 0.3) is 5.03 Å².